The number of ether oxygens (including phenoxy) is 1. The molecule has 0 N–H and O–H groups in total. The number of halogens is 2. The number of hydrogen-bond acceptors (Lipinski definition) is 3. The van der Waals surface area contributed by atoms with Crippen molar-refractivity contribution in [1.29, 1.82) is 0 Å². The maximum atomic E-state index is 13.5. The molecule has 0 radical (unpaired) electrons. The molecule has 1 fully saturated rings. The van der Waals surface area contributed by atoms with Crippen molar-refractivity contribution in [2.24, 2.45) is 5.92 Å². The summed E-state index contributed by atoms with van der Waals surface area (Å²) in [6, 6.07) is 4.11. The molecule has 0 spiro atoms. The molecule has 1 atom stereocenters. The summed E-state index contributed by atoms with van der Waals surface area (Å²) in [7, 11) is 1.72. The lowest BCUT2D eigenvalue weighted by molar-refractivity contribution is 0.131. The smallest absolute Gasteiger partial charge is 0.159 e. The van der Waals surface area contributed by atoms with Gasteiger partial charge in [-0.15, -0.1) is 0 Å². The Morgan fingerprint density at radius 3 is 2.80 bits per heavy atom. The number of aromatic nitrogens is 2. The molecule has 134 valence electrons. The van der Waals surface area contributed by atoms with Crippen LogP contribution in [0.2, 0.25) is 0 Å². The Labute approximate surface area is 146 Å². The van der Waals surface area contributed by atoms with Gasteiger partial charge in [-0.2, -0.15) is 0 Å². The van der Waals surface area contributed by atoms with E-state index in [-0.39, 0.29) is 5.92 Å². The Hall–Kier alpha value is -1.79. The number of fused-ring (bicyclic) bond motifs is 1. The summed E-state index contributed by atoms with van der Waals surface area (Å²) in [5, 5.41) is 0. The zero-order valence-electron chi connectivity index (χ0n) is 14.4. The molecule has 4 nitrogen and oxygen atoms in total. The van der Waals surface area contributed by atoms with E-state index in [1.807, 2.05) is 6.33 Å². The monoisotopic (exact) mass is 347 g/mol. The lowest BCUT2D eigenvalue weighted by atomic mass is 9.98. The summed E-state index contributed by atoms with van der Waals surface area (Å²) in [5.41, 5.74) is 3.14. The molecule has 0 bridgehead atoms. The lowest BCUT2D eigenvalue weighted by Gasteiger charge is -2.33. The van der Waals surface area contributed by atoms with Crippen molar-refractivity contribution in [3.05, 3.63) is 53.1 Å². The van der Waals surface area contributed by atoms with Crippen LogP contribution < -0.4 is 0 Å². The molecule has 1 aliphatic carbocycles. The molecule has 1 aliphatic heterocycles. The highest BCUT2D eigenvalue weighted by atomic mass is 19.2. The number of nitrogens with zero attached hydrogens (tertiary/aromatic N) is 3. The topological polar surface area (TPSA) is 30.3 Å². The summed E-state index contributed by atoms with van der Waals surface area (Å²) < 4.78 is 34.3. The van der Waals surface area contributed by atoms with Gasteiger partial charge in [-0.05, 0) is 36.5 Å². The zero-order valence-corrected chi connectivity index (χ0v) is 14.4. The van der Waals surface area contributed by atoms with E-state index in [1.54, 1.807) is 13.2 Å². The van der Waals surface area contributed by atoms with Gasteiger partial charge in [0.15, 0.2) is 11.6 Å². The zero-order chi connectivity index (χ0) is 17.4. The molecule has 1 aromatic heterocycles. The Bertz CT molecular complexity index is 757. The predicted octanol–water partition coefficient (Wildman–Crippen LogP) is 3.32. The largest absolute Gasteiger partial charge is 0.384 e. The van der Waals surface area contributed by atoms with Gasteiger partial charge in [-0.25, -0.2) is 13.8 Å². The summed E-state index contributed by atoms with van der Waals surface area (Å²) in [6.45, 7) is 3.82. The minimum atomic E-state index is -0.805. The SMILES string of the molecule is COC[C@H]1CN(Cc2ccc(F)c(F)c2)Cc2ncn(CC3CC3)c21. The number of imidazole rings is 1. The maximum Gasteiger partial charge on any atom is 0.159 e. The number of rotatable bonds is 6. The van der Waals surface area contributed by atoms with Gasteiger partial charge < -0.3 is 9.30 Å². The summed E-state index contributed by atoms with van der Waals surface area (Å²) in [5.74, 6) is -0.555. The fourth-order valence-corrected chi connectivity index (χ4v) is 3.77. The normalized spacial score (nSPS) is 20.7. The van der Waals surface area contributed by atoms with Crippen molar-refractivity contribution in [3.63, 3.8) is 0 Å². The summed E-state index contributed by atoms with van der Waals surface area (Å²) >= 11 is 0. The molecule has 6 heteroatoms. The van der Waals surface area contributed by atoms with Gasteiger partial charge in [-0.1, -0.05) is 6.07 Å². The number of hydrogen-bond donors (Lipinski definition) is 0. The average molecular weight is 347 g/mol. The van der Waals surface area contributed by atoms with E-state index >= 15 is 0 Å². The molecular formula is C19H23F2N3O. The van der Waals surface area contributed by atoms with E-state index in [0.29, 0.717) is 13.2 Å². The fourth-order valence-electron chi connectivity index (χ4n) is 3.77. The Morgan fingerprint density at radius 1 is 1.24 bits per heavy atom. The van der Waals surface area contributed by atoms with Crippen molar-refractivity contribution >= 4 is 0 Å². The first kappa shape index (κ1) is 16.7. The molecule has 0 amide bonds. The molecule has 0 unspecified atom stereocenters. The van der Waals surface area contributed by atoms with E-state index in [0.717, 1.165) is 36.8 Å². The molecule has 1 aromatic carbocycles. The quantitative estimate of drug-likeness (QED) is 0.803. The van der Waals surface area contributed by atoms with Crippen LogP contribution in [0.4, 0.5) is 8.78 Å². The van der Waals surface area contributed by atoms with Crippen molar-refractivity contribution < 1.29 is 13.5 Å². The van der Waals surface area contributed by atoms with Crippen LogP contribution in [0.25, 0.3) is 0 Å². The average Bonchev–Trinajstić information content (AvgIpc) is 3.31. The second-order valence-corrected chi connectivity index (χ2v) is 7.24. The molecule has 2 heterocycles. The van der Waals surface area contributed by atoms with E-state index in [9.17, 15) is 8.78 Å². The van der Waals surface area contributed by atoms with Crippen molar-refractivity contribution in [3.8, 4) is 0 Å². The van der Waals surface area contributed by atoms with E-state index in [1.165, 1.54) is 30.7 Å². The van der Waals surface area contributed by atoms with Gasteiger partial charge in [0.05, 0.1) is 18.6 Å². The fraction of sp³-hybridized carbons (Fsp3) is 0.526. The lowest BCUT2D eigenvalue weighted by Crippen LogP contribution is -2.36. The van der Waals surface area contributed by atoms with E-state index in [2.05, 4.69) is 14.5 Å². The predicted molar refractivity (Wildman–Crippen MR) is 90.0 cm³/mol. The minimum Gasteiger partial charge on any atom is -0.384 e. The highest BCUT2D eigenvalue weighted by Gasteiger charge is 2.31. The maximum absolute atomic E-state index is 13.5. The second kappa shape index (κ2) is 6.84. The van der Waals surface area contributed by atoms with Gasteiger partial charge in [0, 0.05) is 44.9 Å². The second-order valence-electron chi connectivity index (χ2n) is 7.24. The molecule has 2 aliphatic rings. The van der Waals surface area contributed by atoms with Crippen LogP contribution in [0.15, 0.2) is 24.5 Å². The first-order valence-corrected chi connectivity index (χ1v) is 8.83. The third-order valence-corrected chi connectivity index (χ3v) is 5.11. The van der Waals surface area contributed by atoms with Crippen LogP contribution in [0.5, 0.6) is 0 Å². The number of benzene rings is 1. The molecule has 0 saturated heterocycles. The van der Waals surface area contributed by atoms with Crippen LogP contribution in [-0.2, 0) is 24.4 Å². The van der Waals surface area contributed by atoms with Gasteiger partial charge in [0.25, 0.3) is 0 Å². The Balaban J connectivity index is 1.53. The Kier molecular flexibility index (Phi) is 4.56. The van der Waals surface area contributed by atoms with Crippen LogP contribution in [-0.4, -0.2) is 34.7 Å². The number of methoxy groups -OCH3 is 1. The van der Waals surface area contributed by atoms with Crippen molar-refractivity contribution in [2.45, 2.75) is 38.4 Å². The van der Waals surface area contributed by atoms with Gasteiger partial charge in [-0.3, -0.25) is 4.90 Å². The first-order valence-electron chi connectivity index (χ1n) is 8.83. The van der Waals surface area contributed by atoms with Crippen molar-refractivity contribution in [2.75, 3.05) is 20.3 Å². The highest BCUT2D eigenvalue weighted by Crippen LogP contribution is 2.34. The van der Waals surface area contributed by atoms with Crippen LogP contribution >= 0.6 is 0 Å². The summed E-state index contributed by atoms with van der Waals surface area (Å²) in [6.07, 6.45) is 4.57. The molecular weight excluding hydrogens is 324 g/mol. The molecule has 25 heavy (non-hydrogen) atoms. The first-order chi connectivity index (χ1) is 12.1. The van der Waals surface area contributed by atoms with Crippen LogP contribution in [0.1, 0.15) is 35.7 Å². The highest BCUT2D eigenvalue weighted by molar-refractivity contribution is 5.24. The third kappa shape index (κ3) is 3.60. The van der Waals surface area contributed by atoms with Crippen LogP contribution in [0.3, 0.4) is 0 Å². The standard InChI is InChI=1S/C19H23F2N3O/c1-25-11-15-9-23(7-14-4-5-16(20)17(21)6-14)10-18-19(15)24(12-22-18)8-13-2-3-13/h4-6,12-13,15H,2-3,7-11H2,1H3/t15-/m1/s1. The van der Waals surface area contributed by atoms with Gasteiger partial charge in [0.2, 0.25) is 0 Å². The summed E-state index contributed by atoms with van der Waals surface area (Å²) in [4.78, 5) is 6.85. The molecule has 4 rings (SSSR count). The van der Waals surface area contributed by atoms with Crippen LogP contribution in [0, 0.1) is 17.6 Å². The molecule has 2 aromatic rings. The molecule has 1 saturated carbocycles. The third-order valence-electron chi connectivity index (χ3n) is 5.11. The van der Waals surface area contributed by atoms with Crippen molar-refractivity contribution in [1.82, 2.24) is 14.5 Å². The van der Waals surface area contributed by atoms with E-state index in [4.69, 9.17) is 4.74 Å². The Morgan fingerprint density at radius 2 is 2.08 bits per heavy atom. The minimum absolute atomic E-state index is 0.250. The van der Waals surface area contributed by atoms with Gasteiger partial charge >= 0.3 is 0 Å². The van der Waals surface area contributed by atoms with E-state index < -0.39 is 11.6 Å². The van der Waals surface area contributed by atoms with Gasteiger partial charge in [0.1, 0.15) is 0 Å².